The first-order chi connectivity index (χ1) is 6.02. The van der Waals surface area contributed by atoms with Gasteiger partial charge in [-0.05, 0) is 0 Å². The summed E-state index contributed by atoms with van der Waals surface area (Å²) in [7, 11) is -4.96. The molecule has 0 amide bonds. The van der Waals surface area contributed by atoms with Crippen LogP contribution in [0.3, 0.4) is 0 Å². The molecule has 3 nitrogen and oxygen atoms in total. The monoisotopic (exact) mass is 246 g/mol. The summed E-state index contributed by atoms with van der Waals surface area (Å²) in [5, 5.41) is 0. The topological polar surface area (TPSA) is 43.4 Å². The zero-order valence-electron chi connectivity index (χ0n) is 6.31. The molecule has 10 heteroatoms. The highest BCUT2D eigenvalue weighted by Crippen LogP contribution is 2.35. The standard InChI is InChI=1S/C4H4F6O3S/c5-2-14(11,12)13-1-3(6,7)4(8,9)10/h1-2H2. The van der Waals surface area contributed by atoms with Crippen molar-refractivity contribution in [3.05, 3.63) is 0 Å². The summed E-state index contributed by atoms with van der Waals surface area (Å²) in [6.07, 6.45) is -5.93. The molecule has 0 aromatic heterocycles. The summed E-state index contributed by atoms with van der Waals surface area (Å²) in [5.74, 6) is -5.32. The van der Waals surface area contributed by atoms with Crippen molar-refractivity contribution in [2.24, 2.45) is 0 Å². The zero-order chi connectivity index (χ0) is 11.6. The summed E-state index contributed by atoms with van der Waals surface area (Å²) in [6, 6.07) is -2.17. The molecule has 0 aromatic rings. The molecule has 0 aliphatic rings. The van der Waals surface area contributed by atoms with Crippen molar-refractivity contribution >= 4 is 10.1 Å². The summed E-state index contributed by atoms with van der Waals surface area (Å²) in [5.41, 5.74) is 0. The lowest BCUT2D eigenvalue weighted by Crippen LogP contribution is -2.41. The molecule has 0 spiro atoms. The van der Waals surface area contributed by atoms with Crippen LogP contribution in [0.25, 0.3) is 0 Å². The third-order valence-electron chi connectivity index (χ3n) is 0.968. The SMILES string of the molecule is O=S(=O)(CF)OCC(F)(F)C(F)(F)F. The van der Waals surface area contributed by atoms with Gasteiger partial charge in [0.25, 0.3) is 10.1 Å². The maximum Gasteiger partial charge on any atom is 0.455 e. The molecule has 0 aromatic carbocycles. The van der Waals surface area contributed by atoms with Gasteiger partial charge in [-0.3, -0.25) is 4.18 Å². The number of hydrogen-bond acceptors (Lipinski definition) is 3. The number of rotatable bonds is 4. The van der Waals surface area contributed by atoms with Gasteiger partial charge in [-0.2, -0.15) is 30.4 Å². The molecule has 0 saturated heterocycles. The Morgan fingerprint density at radius 1 is 1.07 bits per heavy atom. The van der Waals surface area contributed by atoms with Crippen molar-refractivity contribution < 1.29 is 38.9 Å². The first-order valence-corrected chi connectivity index (χ1v) is 4.47. The van der Waals surface area contributed by atoms with Crippen molar-refractivity contribution in [2.45, 2.75) is 12.1 Å². The van der Waals surface area contributed by atoms with Gasteiger partial charge in [-0.15, -0.1) is 0 Å². The van der Waals surface area contributed by atoms with E-state index < -0.39 is 34.8 Å². The highest BCUT2D eigenvalue weighted by atomic mass is 32.2. The minimum atomic E-state index is -5.93. The van der Waals surface area contributed by atoms with Crippen molar-refractivity contribution in [1.29, 1.82) is 0 Å². The predicted octanol–water partition coefficient (Wildman–Crippen LogP) is 1.46. The van der Waals surface area contributed by atoms with Gasteiger partial charge in [0.1, 0.15) is 6.61 Å². The number of alkyl halides is 6. The van der Waals surface area contributed by atoms with Crippen molar-refractivity contribution in [1.82, 2.24) is 0 Å². The third kappa shape index (κ3) is 3.70. The highest BCUT2D eigenvalue weighted by molar-refractivity contribution is 7.86. The van der Waals surface area contributed by atoms with E-state index in [1.54, 1.807) is 0 Å². The van der Waals surface area contributed by atoms with E-state index >= 15 is 0 Å². The van der Waals surface area contributed by atoms with Crippen molar-refractivity contribution in [2.75, 3.05) is 12.6 Å². The fourth-order valence-corrected chi connectivity index (χ4v) is 0.668. The lowest BCUT2D eigenvalue weighted by molar-refractivity contribution is -0.289. The quantitative estimate of drug-likeness (QED) is 0.557. The van der Waals surface area contributed by atoms with Crippen molar-refractivity contribution in [3.63, 3.8) is 0 Å². The Morgan fingerprint density at radius 2 is 1.50 bits per heavy atom. The van der Waals surface area contributed by atoms with Crippen LogP contribution in [0.4, 0.5) is 26.3 Å². The Morgan fingerprint density at radius 3 is 1.79 bits per heavy atom. The van der Waals surface area contributed by atoms with E-state index in [1.165, 1.54) is 0 Å². The molecule has 0 saturated carbocycles. The van der Waals surface area contributed by atoms with E-state index in [9.17, 15) is 34.8 Å². The fraction of sp³-hybridized carbons (Fsp3) is 1.00. The largest absolute Gasteiger partial charge is 0.455 e. The Kier molecular flexibility index (Phi) is 3.78. The van der Waals surface area contributed by atoms with Crippen LogP contribution < -0.4 is 0 Å². The molecular formula is C4H4F6O3S. The van der Waals surface area contributed by atoms with Crippen molar-refractivity contribution in [3.8, 4) is 0 Å². The fourth-order valence-electron chi connectivity index (χ4n) is 0.277. The highest BCUT2D eigenvalue weighted by Gasteiger charge is 2.58. The minimum Gasteiger partial charge on any atom is -0.261 e. The smallest absolute Gasteiger partial charge is 0.261 e. The normalized spacial score (nSPS) is 14.4. The van der Waals surface area contributed by atoms with Crippen LogP contribution in [0, 0.1) is 0 Å². The zero-order valence-corrected chi connectivity index (χ0v) is 7.13. The lowest BCUT2D eigenvalue weighted by Gasteiger charge is -2.18. The van der Waals surface area contributed by atoms with Gasteiger partial charge in [-0.25, -0.2) is 4.39 Å². The van der Waals surface area contributed by atoms with E-state index in [4.69, 9.17) is 0 Å². The van der Waals surface area contributed by atoms with E-state index in [0.717, 1.165) is 0 Å². The molecule has 0 atom stereocenters. The Balaban J connectivity index is 4.42. The number of halogens is 6. The Hall–Kier alpha value is -0.510. The maximum atomic E-state index is 12.0. The molecule has 0 fully saturated rings. The van der Waals surface area contributed by atoms with Gasteiger partial charge in [0.05, 0.1) is 0 Å². The van der Waals surface area contributed by atoms with Crippen LogP contribution in [0.15, 0.2) is 0 Å². The molecule has 0 rings (SSSR count). The predicted molar refractivity (Wildman–Crippen MR) is 31.8 cm³/mol. The van der Waals surface area contributed by atoms with E-state index in [0.29, 0.717) is 0 Å². The van der Waals surface area contributed by atoms with Gasteiger partial charge in [0.15, 0.2) is 0 Å². The molecule has 0 unspecified atom stereocenters. The van der Waals surface area contributed by atoms with Crippen LogP contribution in [0.2, 0.25) is 0 Å². The van der Waals surface area contributed by atoms with Crippen LogP contribution >= 0.6 is 0 Å². The first kappa shape index (κ1) is 13.5. The maximum absolute atomic E-state index is 12.0. The van der Waals surface area contributed by atoms with Crippen LogP contribution in [-0.2, 0) is 14.3 Å². The molecule has 0 bridgehead atoms. The molecule has 14 heavy (non-hydrogen) atoms. The summed E-state index contributed by atoms with van der Waals surface area (Å²) >= 11 is 0. The molecular weight excluding hydrogens is 242 g/mol. The lowest BCUT2D eigenvalue weighted by atomic mass is 10.3. The average molecular weight is 246 g/mol. The third-order valence-corrected chi connectivity index (χ3v) is 1.71. The second kappa shape index (κ2) is 3.93. The van der Waals surface area contributed by atoms with Gasteiger partial charge in [-0.1, -0.05) is 0 Å². The molecule has 86 valence electrons. The van der Waals surface area contributed by atoms with Crippen LogP contribution in [-0.4, -0.2) is 33.1 Å². The summed E-state index contributed by atoms with van der Waals surface area (Å²) in [4.78, 5) is 0. The minimum absolute atomic E-state index is 2.17. The van der Waals surface area contributed by atoms with Gasteiger partial charge in [0, 0.05) is 0 Å². The second-order valence-corrected chi connectivity index (χ2v) is 3.70. The molecule has 0 N–H and O–H groups in total. The second-order valence-electron chi connectivity index (χ2n) is 2.13. The number of hydrogen-bond donors (Lipinski definition) is 0. The van der Waals surface area contributed by atoms with E-state index in [-0.39, 0.29) is 0 Å². The molecule has 0 radical (unpaired) electrons. The average Bonchev–Trinajstić information content (AvgIpc) is 1.99. The summed E-state index contributed by atoms with van der Waals surface area (Å²) < 4.78 is 92.8. The van der Waals surface area contributed by atoms with Crippen LogP contribution in [0.1, 0.15) is 0 Å². The Bertz CT molecular complexity index is 280. The van der Waals surface area contributed by atoms with Gasteiger partial charge >= 0.3 is 12.1 Å². The molecule has 0 aliphatic heterocycles. The molecule has 0 heterocycles. The van der Waals surface area contributed by atoms with E-state index in [2.05, 4.69) is 4.18 Å². The summed E-state index contributed by atoms with van der Waals surface area (Å²) in [6.45, 7) is -2.46. The first-order valence-electron chi connectivity index (χ1n) is 2.89. The van der Waals surface area contributed by atoms with Gasteiger partial charge in [0.2, 0.25) is 6.01 Å². The Labute approximate surface area is 74.8 Å². The molecule has 0 aliphatic carbocycles. The van der Waals surface area contributed by atoms with E-state index in [1.807, 2.05) is 0 Å². The van der Waals surface area contributed by atoms with Crippen LogP contribution in [0.5, 0.6) is 0 Å². The van der Waals surface area contributed by atoms with Gasteiger partial charge < -0.3 is 0 Å².